The van der Waals surface area contributed by atoms with E-state index in [4.69, 9.17) is 10.5 Å². The number of carbonyl (C=O) groups excluding carboxylic acids is 1. The number of hydrogen-bond donors (Lipinski definition) is 1. The Balaban J connectivity index is 2.46. The molecule has 1 atom stereocenters. The van der Waals surface area contributed by atoms with E-state index in [2.05, 4.69) is 13.0 Å². The van der Waals surface area contributed by atoms with Crippen LogP contribution in [0.15, 0.2) is 17.5 Å². The Labute approximate surface area is 125 Å². The summed E-state index contributed by atoms with van der Waals surface area (Å²) < 4.78 is 5.10. The van der Waals surface area contributed by atoms with E-state index in [9.17, 15) is 4.79 Å². The standard InChI is InChI=1S/C15H26N2O2S/c1-13(7-8-16)5-6-15(18)17(9-10-19-2)12-14-4-3-11-20-14/h3-4,11,13H,5-10,12,16H2,1-2H3. The van der Waals surface area contributed by atoms with Crippen LogP contribution in [0.1, 0.15) is 31.1 Å². The van der Waals surface area contributed by atoms with E-state index in [1.165, 1.54) is 4.88 Å². The summed E-state index contributed by atoms with van der Waals surface area (Å²) in [5, 5.41) is 2.04. The largest absolute Gasteiger partial charge is 0.383 e. The molecule has 1 amide bonds. The van der Waals surface area contributed by atoms with E-state index in [1.54, 1.807) is 18.4 Å². The maximum absolute atomic E-state index is 12.3. The van der Waals surface area contributed by atoms with Crippen molar-refractivity contribution >= 4 is 17.2 Å². The minimum absolute atomic E-state index is 0.208. The molecule has 1 unspecified atom stereocenters. The highest BCUT2D eigenvalue weighted by Crippen LogP contribution is 2.15. The molecular formula is C15H26N2O2S. The first-order chi connectivity index (χ1) is 9.67. The number of carbonyl (C=O) groups is 1. The minimum atomic E-state index is 0.208. The molecule has 1 rings (SSSR count). The molecule has 0 aliphatic carbocycles. The average molecular weight is 298 g/mol. The van der Waals surface area contributed by atoms with Gasteiger partial charge in [-0.15, -0.1) is 11.3 Å². The van der Waals surface area contributed by atoms with Crippen LogP contribution in [0.3, 0.4) is 0 Å². The van der Waals surface area contributed by atoms with Gasteiger partial charge in [-0.05, 0) is 36.8 Å². The SMILES string of the molecule is COCCN(Cc1cccs1)C(=O)CCC(C)CCN. The third kappa shape index (κ3) is 6.50. The lowest BCUT2D eigenvalue weighted by Crippen LogP contribution is -2.33. The Bertz CT molecular complexity index is 368. The van der Waals surface area contributed by atoms with Crippen LogP contribution in [0, 0.1) is 5.92 Å². The van der Waals surface area contributed by atoms with Crippen molar-refractivity contribution in [1.29, 1.82) is 0 Å². The lowest BCUT2D eigenvalue weighted by atomic mass is 10.0. The number of hydrogen-bond acceptors (Lipinski definition) is 4. The van der Waals surface area contributed by atoms with E-state index in [1.807, 2.05) is 16.3 Å². The number of methoxy groups -OCH3 is 1. The van der Waals surface area contributed by atoms with E-state index in [0.29, 0.717) is 38.6 Å². The molecule has 0 fully saturated rings. The van der Waals surface area contributed by atoms with Crippen LogP contribution in [0.5, 0.6) is 0 Å². The normalized spacial score (nSPS) is 12.3. The molecule has 1 aromatic rings. The summed E-state index contributed by atoms with van der Waals surface area (Å²) in [6.07, 6.45) is 2.48. The van der Waals surface area contributed by atoms with Crippen molar-refractivity contribution in [2.45, 2.75) is 32.7 Å². The quantitative estimate of drug-likeness (QED) is 0.722. The molecule has 0 aromatic carbocycles. The van der Waals surface area contributed by atoms with Gasteiger partial charge in [0.25, 0.3) is 0 Å². The number of amides is 1. The fourth-order valence-electron chi connectivity index (χ4n) is 2.04. The van der Waals surface area contributed by atoms with Crippen molar-refractivity contribution in [3.63, 3.8) is 0 Å². The van der Waals surface area contributed by atoms with E-state index >= 15 is 0 Å². The lowest BCUT2D eigenvalue weighted by Gasteiger charge is -2.22. The van der Waals surface area contributed by atoms with Crippen LogP contribution in [-0.2, 0) is 16.1 Å². The van der Waals surface area contributed by atoms with Crippen molar-refractivity contribution in [2.24, 2.45) is 11.7 Å². The predicted octanol–water partition coefficient (Wildman–Crippen LogP) is 2.49. The highest BCUT2D eigenvalue weighted by molar-refractivity contribution is 7.09. The van der Waals surface area contributed by atoms with E-state index in [0.717, 1.165) is 12.8 Å². The van der Waals surface area contributed by atoms with Gasteiger partial charge in [-0.1, -0.05) is 13.0 Å². The second-order valence-electron chi connectivity index (χ2n) is 5.11. The third-order valence-electron chi connectivity index (χ3n) is 3.36. The molecule has 4 nitrogen and oxygen atoms in total. The predicted molar refractivity (Wildman–Crippen MR) is 83.7 cm³/mol. The van der Waals surface area contributed by atoms with Crippen molar-refractivity contribution in [3.05, 3.63) is 22.4 Å². The van der Waals surface area contributed by atoms with Crippen molar-refractivity contribution < 1.29 is 9.53 Å². The molecule has 0 aliphatic rings. The molecule has 0 spiro atoms. The van der Waals surface area contributed by atoms with Crippen LogP contribution < -0.4 is 5.73 Å². The Morgan fingerprint density at radius 3 is 2.90 bits per heavy atom. The number of ether oxygens (including phenoxy) is 1. The minimum Gasteiger partial charge on any atom is -0.383 e. The highest BCUT2D eigenvalue weighted by atomic mass is 32.1. The molecule has 0 saturated carbocycles. The summed E-state index contributed by atoms with van der Waals surface area (Å²) in [5.74, 6) is 0.717. The maximum Gasteiger partial charge on any atom is 0.222 e. The fourth-order valence-corrected chi connectivity index (χ4v) is 2.76. The van der Waals surface area contributed by atoms with Gasteiger partial charge < -0.3 is 15.4 Å². The van der Waals surface area contributed by atoms with E-state index < -0.39 is 0 Å². The maximum atomic E-state index is 12.3. The zero-order chi connectivity index (χ0) is 14.8. The van der Waals surface area contributed by atoms with Gasteiger partial charge in [-0.25, -0.2) is 0 Å². The Kier molecular flexibility index (Phi) is 8.49. The van der Waals surface area contributed by atoms with Crippen molar-refractivity contribution in [2.75, 3.05) is 26.8 Å². The number of nitrogens with two attached hydrogens (primary N) is 1. The first-order valence-corrected chi connectivity index (χ1v) is 8.04. The zero-order valence-corrected chi connectivity index (χ0v) is 13.3. The van der Waals surface area contributed by atoms with Crippen LogP contribution in [0.25, 0.3) is 0 Å². The molecule has 2 N–H and O–H groups in total. The molecule has 20 heavy (non-hydrogen) atoms. The molecule has 0 radical (unpaired) electrons. The second kappa shape index (κ2) is 9.91. The molecule has 5 heteroatoms. The Hall–Kier alpha value is -0.910. The van der Waals surface area contributed by atoms with Gasteiger partial charge in [0.15, 0.2) is 0 Å². The topological polar surface area (TPSA) is 55.6 Å². The summed E-state index contributed by atoms with van der Waals surface area (Å²) in [4.78, 5) is 15.4. The highest BCUT2D eigenvalue weighted by Gasteiger charge is 2.15. The van der Waals surface area contributed by atoms with Gasteiger partial charge in [-0.3, -0.25) is 4.79 Å². The van der Waals surface area contributed by atoms with Crippen LogP contribution >= 0.6 is 11.3 Å². The molecule has 1 heterocycles. The first kappa shape index (κ1) is 17.1. The molecule has 0 aliphatic heterocycles. The monoisotopic (exact) mass is 298 g/mol. The first-order valence-electron chi connectivity index (χ1n) is 7.16. The van der Waals surface area contributed by atoms with Gasteiger partial charge in [0.1, 0.15) is 0 Å². The smallest absolute Gasteiger partial charge is 0.222 e. The van der Waals surface area contributed by atoms with Crippen molar-refractivity contribution in [3.8, 4) is 0 Å². The van der Waals surface area contributed by atoms with E-state index in [-0.39, 0.29) is 5.91 Å². The molecule has 0 saturated heterocycles. The van der Waals surface area contributed by atoms with Crippen LogP contribution in [0.4, 0.5) is 0 Å². The summed E-state index contributed by atoms with van der Waals surface area (Å²) in [5.41, 5.74) is 5.54. The van der Waals surface area contributed by atoms with Crippen LogP contribution in [0.2, 0.25) is 0 Å². The zero-order valence-electron chi connectivity index (χ0n) is 12.5. The van der Waals surface area contributed by atoms with Gasteiger partial charge in [-0.2, -0.15) is 0 Å². The Morgan fingerprint density at radius 2 is 2.30 bits per heavy atom. The number of thiophene rings is 1. The average Bonchev–Trinajstić information content (AvgIpc) is 2.94. The summed E-state index contributed by atoms with van der Waals surface area (Å²) in [6, 6.07) is 4.08. The second-order valence-corrected chi connectivity index (χ2v) is 6.14. The molecule has 1 aromatic heterocycles. The summed E-state index contributed by atoms with van der Waals surface area (Å²) in [6.45, 7) is 4.76. The lowest BCUT2D eigenvalue weighted by molar-refractivity contribution is -0.132. The summed E-state index contributed by atoms with van der Waals surface area (Å²) >= 11 is 1.68. The van der Waals surface area contributed by atoms with Gasteiger partial charge in [0.2, 0.25) is 5.91 Å². The van der Waals surface area contributed by atoms with Gasteiger partial charge >= 0.3 is 0 Å². The van der Waals surface area contributed by atoms with Crippen LogP contribution in [-0.4, -0.2) is 37.6 Å². The van der Waals surface area contributed by atoms with Gasteiger partial charge in [0.05, 0.1) is 13.2 Å². The molecular weight excluding hydrogens is 272 g/mol. The molecule has 114 valence electrons. The number of nitrogens with zero attached hydrogens (tertiary/aromatic N) is 1. The third-order valence-corrected chi connectivity index (χ3v) is 4.22. The fraction of sp³-hybridized carbons (Fsp3) is 0.667. The number of rotatable bonds is 10. The van der Waals surface area contributed by atoms with Gasteiger partial charge in [0, 0.05) is 25.0 Å². The Morgan fingerprint density at radius 1 is 1.50 bits per heavy atom. The summed E-state index contributed by atoms with van der Waals surface area (Å²) in [7, 11) is 1.66. The van der Waals surface area contributed by atoms with Crippen molar-refractivity contribution in [1.82, 2.24) is 4.90 Å². The molecule has 0 bridgehead atoms.